The summed E-state index contributed by atoms with van der Waals surface area (Å²) in [5.41, 5.74) is -0.548. The van der Waals surface area contributed by atoms with E-state index in [2.05, 4.69) is 15.0 Å². The van der Waals surface area contributed by atoms with Crippen LogP contribution in [-0.4, -0.2) is 19.3 Å². The van der Waals surface area contributed by atoms with Crippen LogP contribution in [0.3, 0.4) is 0 Å². The Hall–Kier alpha value is -2.92. The highest BCUT2D eigenvalue weighted by Gasteiger charge is 2.19. The molecular weight excluding hydrogens is 403 g/mol. The first-order valence-electron chi connectivity index (χ1n) is 7.25. The van der Waals surface area contributed by atoms with Crippen molar-refractivity contribution in [3.05, 3.63) is 71.0 Å². The Morgan fingerprint density at radius 2 is 1.70 bits per heavy atom. The zero-order chi connectivity index (χ0) is 19.6. The number of nitrogens with one attached hydrogen (secondary N) is 2. The number of aromatic nitrogens is 1. The first kappa shape index (κ1) is 18.9. The third-order valence-electron chi connectivity index (χ3n) is 3.36. The fourth-order valence-electron chi connectivity index (χ4n) is 2.06. The summed E-state index contributed by atoms with van der Waals surface area (Å²) in [6, 6.07) is 6.41. The van der Waals surface area contributed by atoms with Gasteiger partial charge in [0.1, 0.15) is 0 Å². The third kappa shape index (κ3) is 4.09. The first-order chi connectivity index (χ1) is 12.8. The zero-order valence-electron chi connectivity index (χ0n) is 13.2. The molecule has 0 atom stereocenters. The molecule has 0 unspecified atom stereocenters. The molecule has 27 heavy (non-hydrogen) atoms. The molecule has 0 aliphatic rings. The fraction of sp³-hybridized carbons (Fsp3) is 0. The van der Waals surface area contributed by atoms with E-state index >= 15 is 0 Å². The summed E-state index contributed by atoms with van der Waals surface area (Å²) in [6.45, 7) is 0. The van der Waals surface area contributed by atoms with Crippen LogP contribution in [0, 0.1) is 17.5 Å². The van der Waals surface area contributed by atoms with Gasteiger partial charge in [-0.3, -0.25) is 9.52 Å². The van der Waals surface area contributed by atoms with Crippen molar-refractivity contribution >= 4 is 38.1 Å². The smallest absolute Gasteiger partial charge is 0.263 e. The molecular formula is C16H10F3N3O3S2. The summed E-state index contributed by atoms with van der Waals surface area (Å²) >= 11 is 1.11. The number of hydrogen-bond acceptors (Lipinski definition) is 5. The minimum Gasteiger partial charge on any atom is -0.322 e. The number of hydrogen-bond donors (Lipinski definition) is 2. The van der Waals surface area contributed by atoms with E-state index in [0.717, 1.165) is 17.4 Å². The minimum atomic E-state index is -3.86. The van der Waals surface area contributed by atoms with Crippen molar-refractivity contribution in [1.82, 2.24) is 4.98 Å². The second kappa shape index (κ2) is 7.37. The molecule has 6 nitrogen and oxygen atoms in total. The van der Waals surface area contributed by atoms with Gasteiger partial charge in [0, 0.05) is 17.3 Å². The topological polar surface area (TPSA) is 88.2 Å². The van der Waals surface area contributed by atoms with Crippen molar-refractivity contribution in [3.63, 3.8) is 0 Å². The van der Waals surface area contributed by atoms with E-state index < -0.39 is 38.9 Å². The lowest BCUT2D eigenvalue weighted by atomic mass is 10.1. The number of carbonyl (C=O) groups excluding carboxylic acids is 1. The summed E-state index contributed by atoms with van der Waals surface area (Å²) < 4.78 is 66.5. The molecule has 1 heterocycles. The molecule has 0 aliphatic carbocycles. The Labute approximate surface area is 155 Å². The Morgan fingerprint density at radius 3 is 2.33 bits per heavy atom. The van der Waals surface area contributed by atoms with Crippen LogP contribution in [-0.2, 0) is 10.0 Å². The van der Waals surface area contributed by atoms with E-state index in [0.29, 0.717) is 6.07 Å². The van der Waals surface area contributed by atoms with Gasteiger partial charge >= 0.3 is 0 Å². The maximum absolute atomic E-state index is 13.6. The molecule has 3 rings (SSSR count). The Morgan fingerprint density at radius 1 is 1.00 bits per heavy atom. The minimum absolute atomic E-state index is 0.0882. The highest BCUT2D eigenvalue weighted by Crippen LogP contribution is 2.21. The molecule has 0 saturated carbocycles. The number of thiazole rings is 1. The first-order valence-corrected chi connectivity index (χ1v) is 9.61. The molecule has 0 fully saturated rings. The second-order valence-electron chi connectivity index (χ2n) is 5.14. The molecule has 0 spiro atoms. The number of amides is 1. The highest BCUT2D eigenvalue weighted by molar-refractivity contribution is 7.93. The Kier molecular flexibility index (Phi) is 5.15. The molecule has 2 N–H and O–H groups in total. The highest BCUT2D eigenvalue weighted by atomic mass is 32.2. The lowest BCUT2D eigenvalue weighted by Crippen LogP contribution is -2.16. The maximum Gasteiger partial charge on any atom is 0.263 e. The average Bonchev–Trinajstić information content (AvgIpc) is 3.12. The van der Waals surface area contributed by atoms with Crippen LogP contribution in [0.5, 0.6) is 0 Å². The molecule has 140 valence electrons. The van der Waals surface area contributed by atoms with Gasteiger partial charge in [-0.25, -0.2) is 26.6 Å². The molecule has 2 aromatic carbocycles. The second-order valence-corrected chi connectivity index (χ2v) is 7.72. The summed E-state index contributed by atoms with van der Waals surface area (Å²) in [6.07, 6.45) is 1.44. The Bertz CT molecular complexity index is 1090. The van der Waals surface area contributed by atoms with Gasteiger partial charge in [0.15, 0.2) is 22.6 Å². The summed E-state index contributed by atoms with van der Waals surface area (Å²) in [5, 5.41) is 4.08. The molecule has 11 heteroatoms. The molecule has 0 radical (unpaired) electrons. The molecule has 0 bridgehead atoms. The van der Waals surface area contributed by atoms with Crippen molar-refractivity contribution < 1.29 is 26.4 Å². The van der Waals surface area contributed by atoms with Crippen molar-refractivity contribution in [3.8, 4) is 0 Å². The third-order valence-corrected chi connectivity index (χ3v) is 5.53. The largest absolute Gasteiger partial charge is 0.322 e. The predicted molar refractivity (Wildman–Crippen MR) is 93.6 cm³/mol. The van der Waals surface area contributed by atoms with Crippen LogP contribution < -0.4 is 10.0 Å². The molecule has 0 aliphatic heterocycles. The van der Waals surface area contributed by atoms with Gasteiger partial charge in [0.2, 0.25) is 0 Å². The van der Waals surface area contributed by atoms with Crippen LogP contribution in [0.2, 0.25) is 0 Å². The van der Waals surface area contributed by atoms with Gasteiger partial charge in [0.25, 0.3) is 15.9 Å². The van der Waals surface area contributed by atoms with Crippen LogP contribution in [0.15, 0.2) is 52.9 Å². The van der Waals surface area contributed by atoms with Gasteiger partial charge in [-0.1, -0.05) is 0 Å². The van der Waals surface area contributed by atoms with E-state index in [1.807, 2.05) is 0 Å². The number of sulfonamides is 1. The molecule has 1 aromatic heterocycles. The lowest BCUT2D eigenvalue weighted by Gasteiger charge is -2.09. The number of anilines is 2. The number of nitrogens with zero attached hydrogens (tertiary/aromatic N) is 1. The maximum atomic E-state index is 13.6. The summed E-state index contributed by atoms with van der Waals surface area (Å²) in [5.74, 6) is -5.79. The molecule has 3 aromatic rings. The van der Waals surface area contributed by atoms with E-state index in [1.54, 1.807) is 5.38 Å². The zero-order valence-corrected chi connectivity index (χ0v) is 14.9. The monoisotopic (exact) mass is 413 g/mol. The van der Waals surface area contributed by atoms with Crippen molar-refractivity contribution in [2.75, 3.05) is 10.0 Å². The Balaban J connectivity index is 1.76. The average molecular weight is 413 g/mol. The van der Waals surface area contributed by atoms with Gasteiger partial charge < -0.3 is 5.32 Å². The van der Waals surface area contributed by atoms with Crippen LogP contribution in [0.25, 0.3) is 0 Å². The van der Waals surface area contributed by atoms with Gasteiger partial charge in [0.05, 0.1) is 10.5 Å². The number of rotatable bonds is 5. The normalized spacial score (nSPS) is 11.2. The van der Waals surface area contributed by atoms with Crippen LogP contribution in [0.4, 0.5) is 24.0 Å². The van der Waals surface area contributed by atoms with Crippen molar-refractivity contribution in [2.24, 2.45) is 0 Å². The summed E-state index contributed by atoms with van der Waals surface area (Å²) in [4.78, 5) is 15.7. The van der Waals surface area contributed by atoms with Crippen LogP contribution in [0.1, 0.15) is 10.4 Å². The number of halogens is 3. The van der Waals surface area contributed by atoms with Crippen LogP contribution >= 0.6 is 11.3 Å². The van der Waals surface area contributed by atoms with E-state index in [-0.39, 0.29) is 15.7 Å². The van der Waals surface area contributed by atoms with Gasteiger partial charge in [-0.05, 0) is 36.4 Å². The number of benzene rings is 2. The predicted octanol–water partition coefficient (Wildman–Crippen LogP) is 3.61. The van der Waals surface area contributed by atoms with Gasteiger partial charge in [-0.15, -0.1) is 11.3 Å². The lowest BCUT2D eigenvalue weighted by molar-refractivity contribution is 0.102. The standard InChI is InChI=1S/C16H10F3N3O3S2/c17-12-6-5-11(13(18)14(12)19)15(23)21-9-1-3-10(4-2-9)27(24,25)22-16-20-7-8-26-16/h1-8H,(H,20,22)(H,21,23). The number of carbonyl (C=O) groups is 1. The van der Waals surface area contributed by atoms with E-state index in [9.17, 15) is 26.4 Å². The summed E-state index contributed by atoms with van der Waals surface area (Å²) in [7, 11) is -3.86. The fourth-order valence-corrected chi connectivity index (χ4v) is 3.85. The van der Waals surface area contributed by atoms with Crippen molar-refractivity contribution in [1.29, 1.82) is 0 Å². The quantitative estimate of drug-likeness (QED) is 0.626. The molecule has 1 amide bonds. The van der Waals surface area contributed by atoms with E-state index in [1.165, 1.54) is 30.5 Å². The van der Waals surface area contributed by atoms with E-state index in [4.69, 9.17) is 0 Å². The molecule has 0 saturated heterocycles. The SMILES string of the molecule is O=C(Nc1ccc(S(=O)(=O)Nc2nccs2)cc1)c1ccc(F)c(F)c1F. The van der Waals surface area contributed by atoms with Crippen molar-refractivity contribution in [2.45, 2.75) is 4.90 Å². The van der Waals surface area contributed by atoms with Gasteiger partial charge in [-0.2, -0.15) is 0 Å².